The average molecular weight is 217 g/mol. The molecule has 0 spiro atoms. The number of carbonyl (C=O) groups excluding carboxylic acids is 1. The van der Waals surface area contributed by atoms with Gasteiger partial charge >= 0.3 is 5.97 Å². The van der Waals surface area contributed by atoms with Crippen LogP contribution in [-0.2, 0) is 9.53 Å². The number of thioether (sulfide) groups is 1. The van der Waals surface area contributed by atoms with E-state index in [0.717, 1.165) is 5.75 Å². The monoisotopic (exact) mass is 217 g/mol. The number of esters is 1. The molecule has 0 aromatic carbocycles. The van der Waals surface area contributed by atoms with Gasteiger partial charge in [-0.05, 0) is 26.0 Å². The van der Waals surface area contributed by atoms with Gasteiger partial charge in [0.25, 0.3) is 0 Å². The Morgan fingerprint density at radius 2 is 2.36 bits per heavy atom. The van der Waals surface area contributed by atoms with Crippen molar-refractivity contribution < 1.29 is 9.53 Å². The minimum atomic E-state index is -0.487. The largest absolute Gasteiger partial charge is 0.465 e. The fourth-order valence-corrected chi connectivity index (χ4v) is 1.71. The molecule has 2 atom stereocenters. The number of hydrogen-bond acceptors (Lipinski definition) is 4. The number of hydrogen-bond donors (Lipinski definition) is 1. The number of carbonyl (C=O) groups is 1. The molecule has 0 saturated heterocycles. The van der Waals surface area contributed by atoms with E-state index in [2.05, 4.69) is 13.5 Å². The highest BCUT2D eigenvalue weighted by Crippen LogP contribution is 2.12. The van der Waals surface area contributed by atoms with Gasteiger partial charge in [-0.2, -0.15) is 11.8 Å². The highest BCUT2D eigenvalue weighted by molar-refractivity contribution is 8.00. The van der Waals surface area contributed by atoms with Crippen molar-refractivity contribution in [3.05, 3.63) is 12.7 Å². The van der Waals surface area contributed by atoms with Crippen molar-refractivity contribution in [3.63, 3.8) is 0 Å². The van der Waals surface area contributed by atoms with Crippen molar-refractivity contribution in [1.29, 1.82) is 0 Å². The summed E-state index contributed by atoms with van der Waals surface area (Å²) in [4.78, 5) is 11.1. The summed E-state index contributed by atoms with van der Waals surface area (Å²) < 4.78 is 4.79. The van der Waals surface area contributed by atoms with Gasteiger partial charge < -0.3 is 10.5 Å². The molecule has 0 aliphatic rings. The summed E-state index contributed by atoms with van der Waals surface area (Å²) in [7, 11) is 0. The molecule has 0 aliphatic heterocycles. The lowest BCUT2D eigenvalue weighted by molar-refractivity contribution is -0.144. The first kappa shape index (κ1) is 13.5. The predicted molar refractivity (Wildman–Crippen MR) is 61.3 cm³/mol. The first-order chi connectivity index (χ1) is 6.61. The van der Waals surface area contributed by atoms with Crippen LogP contribution in [0.5, 0.6) is 0 Å². The van der Waals surface area contributed by atoms with Crippen molar-refractivity contribution in [2.45, 2.75) is 31.6 Å². The average Bonchev–Trinajstić information content (AvgIpc) is 2.17. The van der Waals surface area contributed by atoms with E-state index in [1.165, 1.54) is 0 Å². The molecule has 0 aromatic rings. The van der Waals surface area contributed by atoms with Crippen LogP contribution in [0.25, 0.3) is 0 Å². The molecular weight excluding hydrogens is 198 g/mol. The minimum absolute atomic E-state index is 0.306. The molecule has 0 amide bonds. The number of nitrogens with two attached hydrogens (primary N) is 1. The van der Waals surface area contributed by atoms with E-state index in [1.807, 2.05) is 6.08 Å². The van der Waals surface area contributed by atoms with Crippen LogP contribution in [0.2, 0.25) is 0 Å². The van der Waals surface area contributed by atoms with Gasteiger partial charge in [-0.1, -0.05) is 6.08 Å². The Kier molecular flexibility index (Phi) is 7.61. The molecule has 3 nitrogen and oxygen atoms in total. The Bertz CT molecular complexity index is 185. The third-order valence-corrected chi connectivity index (χ3v) is 2.92. The second kappa shape index (κ2) is 7.88. The van der Waals surface area contributed by atoms with Gasteiger partial charge in [0, 0.05) is 5.25 Å². The van der Waals surface area contributed by atoms with Gasteiger partial charge in [0.05, 0.1) is 6.61 Å². The van der Waals surface area contributed by atoms with Gasteiger partial charge in [0.1, 0.15) is 6.04 Å². The molecule has 4 heteroatoms. The Hall–Kier alpha value is -0.480. The lowest BCUT2D eigenvalue weighted by Gasteiger charge is -2.11. The molecule has 0 heterocycles. The van der Waals surface area contributed by atoms with Crippen molar-refractivity contribution >= 4 is 17.7 Å². The van der Waals surface area contributed by atoms with Crippen LogP contribution >= 0.6 is 11.8 Å². The highest BCUT2D eigenvalue weighted by Gasteiger charge is 2.13. The zero-order chi connectivity index (χ0) is 11.0. The minimum Gasteiger partial charge on any atom is -0.465 e. The van der Waals surface area contributed by atoms with Gasteiger partial charge in [0.2, 0.25) is 0 Å². The van der Waals surface area contributed by atoms with E-state index < -0.39 is 6.04 Å². The molecule has 0 aromatic heterocycles. The molecule has 14 heavy (non-hydrogen) atoms. The molecule has 2 unspecified atom stereocenters. The molecule has 0 radical (unpaired) electrons. The molecule has 0 bridgehead atoms. The number of ether oxygens (including phenoxy) is 1. The van der Waals surface area contributed by atoms with Crippen LogP contribution in [0.15, 0.2) is 12.7 Å². The quantitative estimate of drug-likeness (QED) is 0.519. The maximum absolute atomic E-state index is 11.1. The highest BCUT2D eigenvalue weighted by atomic mass is 32.2. The summed E-state index contributed by atoms with van der Waals surface area (Å²) in [5, 5.41) is 0.407. The zero-order valence-electron chi connectivity index (χ0n) is 8.86. The molecule has 82 valence electrons. The van der Waals surface area contributed by atoms with E-state index in [1.54, 1.807) is 18.7 Å². The Labute approximate surface area is 90.1 Å². The van der Waals surface area contributed by atoms with Crippen molar-refractivity contribution in [2.24, 2.45) is 5.73 Å². The first-order valence-electron chi connectivity index (χ1n) is 4.78. The van der Waals surface area contributed by atoms with E-state index in [4.69, 9.17) is 10.5 Å². The maximum Gasteiger partial charge on any atom is 0.322 e. The summed E-state index contributed by atoms with van der Waals surface area (Å²) in [6, 6.07) is -0.487. The second-order valence-electron chi connectivity index (χ2n) is 2.96. The van der Waals surface area contributed by atoms with Gasteiger partial charge in [-0.3, -0.25) is 4.79 Å². The van der Waals surface area contributed by atoms with E-state index in [-0.39, 0.29) is 5.97 Å². The van der Waals surface area contributed by atoms with Gasteiger partial charge in [-0.15, -0.1) is 6.58 Å². The van der Waals surface area contributed by atoms with Crippen LogP contribution in [-0.4, -0.2) is 29.6 Å². The molecule has 0 saturated carbocycles. The summed E-state index contributed by atoms with van der Waals surface area (Å²) in [6.45, 7) is 7.91. The van der Waals surface area contributed by atoms with E-state index in [9.17, 15) is 4.79 Å². The molecular formula is C10H19NO2S. The fourth-order valence-electron chi connectivity index (χ4n) is 0.816. The van der Waals surface area contributed by atoms with Gasteiger partial charge in [-0.25, -0.2) is 0 Å². The summed E-state index contributed by atoms with van der Waals surface area (Å²) in [5.74, 6) is 0.548. The van der Waals surface area contributed by atoms with Crippen LogP contribution in [0.3, 0.4) is 0 Å². The molecule has 0 fully saturated rings. The standard InChI is InChI=1S/C10H19NO2S/c1-4-8(3)14-7-6-9(11)10(12)13-5-2/h4,8-9H,1,5-7,11H2,2-3H3. The third-order valence-electron chi connectivity index (χ3n) is 1.73. The molecule has 0 rings (SSSR count). The van der Waals surface area contributed by atoms with Crippen molar-refractivity contribution in [1.82, 2.24) is 0 Å². The summed E-state index contributed by atoms with van der Waals surface area (Å²) in [5.41, 5.74) is 5.62. The van der Waals surface area contributed by atoms with Gasteiger partial charge in [0.15, 0.2) is 0 Å². The van der Waals surface area contributed by atoms with Crippen LogP contribution < -0.4 is 5.73 Å². The SMILES string of the molecule is C=CC(C)SCCC(N)C(=O)OCC. The van der Waals surface area contributed by atoms with Crippen LogP contribution in [0.4, 0.5) is 0 Å². The Balaban J connectivity index is 3.57. The van der Waals surface area contributed by atoms with Crippen molar-refractivity contribution in [2.75, 3.05) is 12.4 Å². The lowest BCUT2D eigenvalue weighted by Crippen LogP contribution is -2.32. The van der Waals surface area contributed by atoms with Crippen molar-refractivity contribution in [3.8, 4) is 0 Å². The normalized spacial score (nSPS) is 14.5. The maximum atomic E-state index is 11.1. The van der Waals surface area contributed by atoms with Crippen LogP contribution in [0.1, 0.15) is 20.3 Å². The Morgan fingerprint density at radius 1 is 1.71 bits per heavy atom. The third kappa shape index (κ3) is 6.05. The smallest absolute Gasteiger partial charge is 0.322 e. The zero-order valence-corrected chi connectivity index (χ0v) is 9.68. The van der Waals surface area contributed by atoms with E-state index >= 15 is 0 Å². The fraction of sp³-hybridized carbons (Fsp3) is 0.700. The lowest BCUT2D eigenvalue weighted by atomic mass is 10.2. The topological polar surface area (TPSA) is 52.3 Å². The summed E-state index contributed by atoms with van der Waals surface area (Å²) in [6.07, 6.45) is 2.53. The first-order valence-corrected chi connectivity index (χ1v) is 5.83. The second-order valence-corrected chi connectivity index (χ2v) is 4.44. The Morgan fingerprint density at radius 3 is 2.86 bits per heavy atom. The number of rotatable bonds is 7. The van der Waals surface area contributed by atoms with E-state index in [0.29, 0.717) is 18.3 Å². The molecule has 0 aliphatic carbocycles. The predicted octanol–water partition coefficient (Wildman–Crippen LogP) is 1.57. The molecule has 2 N–H and O–H groups in total. The summed E-state index contributed by atoms with van der Waals surface area (Å²) >= 11 is 1.73. The van der Waals surface area contributed by atoms with Crippen LogP contribution in [0, 0.1) is 0 Å².